The molecule has 5 nitrogen and oxygen atoms in total. The summed E-state index contributed by atoms with van der Waals surface area (Å²) < 4.78 is 13.3. The number of rotatable bonds is 11. The first kappa shape index (κ1) is 28.5. The molecule has 1 heterocycles. The molecule has 1 amide bonds. The van der Waals surface area contributed by atoms with E-state index in [-0.39, 0.29) is 29.0 Å². The van der Waals surface area contributed by atoms with Crippen molar-refractivity contribution in [3.8, 4) is 0 Å². The molecule has 0 aromatic heterocycles. The molecule has 0 bridgehead atoms. The number of hydrogen-bond donors (Lipinski definition) is 2. The Kier molecular flexibility index (Phi) is 8.69. The van der Waals surface area contributed by atoms with Gasteiger partial charge in [0.25, 0.3) is 0 Å². The summed E-state index contributed by atoms with van der Waals surface area (Å²) in [6.07, 6.45) is 3.23. The molecule has 1 saturated heterocycles. The molecule has 210 valence electrons. The lowest BCUT2D eigenvalue weighted by Gasteiger charge is -2.43. The molecular weight excluding hydrogens is 525 g/mol. The number of ketones is 1. The van der Waals surface area contributed by atoms with Crippen molar-refractivity contribution in [3.63, 3.8) is 0 Å². The van der Waals surface area contributed by atoms with E-state index in [1.54, 1.807) is 19.1 Å². The lowest BCUT2D eigenvalue weighted by molar-refractivity contribution is -0.124. The van der Waals surface area contributed by atoms with Crippen molar-refractivity contribution in [2.75, 3.05) is 32.7 Å². The SMILES string of the molecule is CC(=O)CNC1(c2ccccc2)CCN(CC2CC2(C(=O)NCCc2ccc(F)cc2)c2ccc(Cl)cc2)CC1. The van der Waals surface area contributed by atoms with Crippen LogP contribution < -0.4 is 10.6 Å². The molecule has 2 aliphatic rings. The van der Waals surface area contributed by atoms with Crippen molar-refractivity contribution >= 4 is 23.3 Å². The molecule has 2 atom stereocenters. The van der Waals surface area contributed by atoms with Gasteiger partial charge in [0, 0.05) is 36.7 Å². The molecule has 2 unspecified atom stereocenters. The zero-order valence-corrected chi connectivity index (χ0v) is 23.7. The fourth-order valence-corrected chi connectivity index (χ4v) is 6.36. The smallest absolute Gasteiger partial charge is 0.231 e. The van der Waals surface area contributed by atoms with Gasteiger partial charge >= 0.3 is 0 Å². The van der Waals surface area contributed by atoms with E-state index in [0.29, 0.717) is 24.5 Å². The average molecular weight is 562 g/mol. The summed E-state index contributed by atoms with van der Waals surface area (Å²) in [7, 11) is 0. The van der Waals surface area contributed by atoms with Crippen molar-refractivity contribution in [1.82, 2.24) is 15.5 Å². The molecule has 7 heteroatoms. The van der Waals surface area contributed by atoms with E-state index in [1.165, 1.54) is 17.7 Å². The van der Waals surface area contributed by atoms with Gasteiger partial charge in [-0.1, -0.05) is 66.2 Å². The van der Waals surface area contributed by atoms with Crippen LogP contribution in [0.3, 0.4) is 0 Å². The molecule has 3 aromatic carbocycles. The number of benzene rings is 3. The fourth-order valence-electron chi connectivity index (χ4n) is 6.24. The number of carbonyl (C=O) groups is 2. The number of hydrogen-bond acceptors (Lipinski definition) is 4. The first-order valence-electron chi connectivity index (χ1n) is 14.1. The van der Waals surface area contributed by atoms with Crippen molar-refractivity contribution in [1.29, 1.82) is 0 Å². The number of piperidine rings is 1. The second-order valence-corrected chi connectivity index (χ2v) is 11.8. The Hall–Kier alpha value is -3.06. The zero-order valence-electron chi connectivity index (χ0n) is 23.0. The predicted molar refractivity (Wildman–Crippen MR) is 157 cm³/mol. The zero-order chi connectivity index (χ0) is 28.2. The highest BCUT2D eigenvalue weighted by Gasteiger charge is 2.61. The molecule has 40 heavy (non-hydrogen) atoms. The van der Waals surface area contributed by atoms with Crippen molar-refractivity contribution in [2.45, 2.75) is 43.6 Å². The summed E-state index contributed by atoms with van der Waals surface area (Å²) in [6, 6.07) is 24.5. The van der Waals surface area contributed by atoms with E-state index in [0.717, 1.165) is 50.0 Å². The van der Waals surface area contributed by atoms with Gasteiger partial charge in [0.2, 0.25) is 5.91 Å². The summed E-state index contributed by atoms with van der Waals surface area (Å²) in [5.41, 5.74) is 2.41. The van der Waals surface area contributed by atoms with Gasteiger partial charge in [-0.05, 0) is 79.5 Å². The van der Waals surface area contributed by atoms with Gasteiger partial charge in [-0.3, -0.25) is 9.59 Å². The van der Waals surface area contributed by atoms with Crippen molar-refractivity contribution < 1.29 is 14.0 Å². The van der Waals surface area contributed by atoms with Crippen LogP contribution in [0.1, 0.15) is 42.9 Å². The normalized spacial score (nSPS) is 22.0. The first-order chi connectivity index (χ1) is 19.3. The van der Waals surface area contributed by atoms with Gasteiger partial charge in [0.15, 0.2) is 0 Å². The van der Waals surface area contributed by atoms with E-state index in [1.807, 2.05) is 30.3 Å². The van der Waals surface area contributed by atoms with Crippen LogP contribution in [0.2, 0.25) is 5.02 Å². The second-order valence-electron chi connectivity index (χ2n) is 11.3. The summed E-state index contributed by atoms with van der Waals surface area (Å²) in [5, 5.41) is 7.39. The predicted octanol–water partition coefficient (Wildman–Crippen LogP) is 5.27. The summed E-state index contributed by atoms with van der Waals surface area (Å²) in [6.45, 7) is 5.09. The Morgan fingerprint density at radius 3 is 2.27 bits per heavy atom. The number of carbonyl (C=O) groups excluding carboxylic acids is 2. The Morgan fingerprint density at radius 1 is 0.950 bits per heavy atom. The van der Waals surface area contributed by atoms with Gasteiger partial charge in [0.1, 0.15) is 11.6 Å². The number of amides is 1. The lowest BCUT2D eigenvalue weighted by Crippen LogP contribution is -2.52. The Labute approximate surface area is 241 Å². The highest BCUT2D eigenvalue weighted by molar-refractivity contribution is 6.30. The highest BCUT2D eigenvalue weighted by atomic mass is 35.5. The Morgan fingerprint density at radius 2 is 1.62 bits per heavy atom. The third kappa shape index (κ3) is 6.30. The third-order valence-electron chi connectivity index (χ3n) is 8.67. The summed E-state index contributed by atoms with van der Waals surface area (Å²) in [4.78, 5) is 27.9. The molecule has 1 saturated carbocycles. The molecule has 5 rings (SSSR count). The van der Waals surface area contributed by atoms with Gasteiger partial charge in [-0.2, -0.15) is 0 Å². The average Bonchev–Trinajstić information content (AvgIpc) is 3.69. The lowest BCUT2D eigenvalue weighted by atomic mass is 9.80. The van der Waals surface area contributed by atoms with Gasteiger partial charge in [0.05, 0.1) is 12.0 Å². The fraction of sp³-hybridized carbons (Fsp3) is 0.394. The summed E-state index contributed by atoms with van der Waals surface area (Å²) in [5.74, 6) is 0.118. The van der Waals surface area contributed by atoms with Crippen molar-refractivity contribution in [2.24, 2.45) is 5.92 Å². The van der Waals surface area contributed by atoms with E-state index in [4.69, 9.17) is 11.6 Å². The minimum absolute atomic E-state index is 0.0423. The van der Waals surface area contributed by atoms with Crippen LogP contribution in [0.4, 0.5) is 4.39 Å². The number of Topliss-reactive ketones (excluding diaryl/α,β-unsaturated/α-hetero) is 1. The highest BCUT2D eigenvalue weighted by Crippen LogP contribution is 2.55. The summed E-state index contributed by atoms with van der Waals surface area (Å²) >= 11 is 6.18. The Balaban J connectivity index is 1.25. The van der Waals surface area contributed by atoms with Crippen LogP contribution in [0.25, 0.3) is 0 Å². The van der Waals surface area contributed by atoms with Crippen LogP contribution in [-0.4, -0.2) is 49.3 Å². The molecule has 2 N–H and O–H groups in total. The molecule has 1 aliphatic heterocycles. The topological polar surface area (TPSA) is 61.4 Å². The van der Waals surface area contributed by atoms with Crippen LogP contribution in [-0.2, 0) is 27.0 Å². The maximum Gasteiger partial charge on any atom is 0.231 e. The van der Waals surface area contributed by atoms with E-state index in [9.17, 15) is 14.0 Å². The van der Waals surface area contributed by atoms with Gasteiger partial charge < -0.3 is 15.5 Å². The number of nitrogens with zero attached hydrogens (tertiary/aromatic N) is 1. The van der Waals surface area contributed by atoms with Gasteiger partial charge in [-0.25, -0.2) is 4.39 Å². The monoisotopic (exact) mass is 561 g/mol. The van der Waals surface area contributed by atoms with E-state index >= 15 is 0 Å². The molecule has 2 fully saturated rings. The standard InChI is InChI=1S/C33H37ClFN3O2/c1-24(39)22-37-32(26-5-3-2-4-6-26)16-19-38(20-17-32)23-28-21-33(28,27-9-11-29(34)12-10-27)31(40)36-18-15-25-7-13-30(35)14-8-25/h2-14,28,37H,15-23H2,1H3,(H,36,40). The second kappa shape index (κ2) is 12.2. The number of nitrogens with one attached hydrogen (secondary N) is 2. The largest absolute Gasteiger partial charge is 0.355 e. The van der Waals surface area contributed by atoms with Crippen molar-refractivity contribution in [3.05, 3.63) is 106 Å². The van der Waals surface area contributed by atoms with E-state index < -0.39 is 5.41 Å². The maximum absolute atomic E-state index is 13.7. The molecular formula is C33H37ClFN3O2. The van der Waals surface area contributed by atoms with Crippen LogP contribution in [0.5, 0.6) is 0 Å². The molecule has 1 aliphatic carbocycles. The quantitative estimate of drug-likeness (QED) is 0.335. The third-order valence-corrected chi connectivity index (χ3v) is 8.92. The minimum atomic E-state index is -0.575. The van der Waals surface area contributed by atoms with Crippen LogP contribution in [0, 0.1) is 11.7 Å². The minimum Gasteiger partial charge on any atom is -0.355 e. The first-order valence-corrected chi connectivity index (χ1v) is 14.5. The van der Waals surface area contributed by atoms with Crippen LogP contribution in [0.15, 0.2) is 78.9 Å². The number of halogens is 2. The molecule has 0 spiro atoms. The Bertz CT molecular complexity index is 1310. The maximum atomic E-state index is 13.7. The molecule has 0 radical (unpaired) electrons. The molecule has 3 aromatic rings. The van der Waals surface area contributed by atoms with E-state index in [2.05, 4.69) is 39.8 Å². The van der Waals surface area contributed by atoms with Crippen LogP contribution >= 0.6 is 11.6 Å². The van der Waals surface area contributed by atoms with Gasteiger partial charge in [-0.15, -0.1) is 0 Å². The number of likely N-dealkylation sites (tertiary alicyclic amines) is 1.